The molecule has 0 radical (unpaired) electrons. The van der Waals surface area contributed by atoms with E-state index in [0.717, 1.165) is 17.9 Å². The molecule has 7 heteroatoms. The summed E-state index contributed by atoms with van der Waals surface area (Å²) < 4.78 is 5.09. The maximum absolute atomic E-state index is 11.5. The van der Waals surface area contributed by atoms with Gasteiger partial charge in [-0.15, -0.1) is 0 Å². The van der Waals surface area contributed by atoms with Gasteiger partial charge in [-0.2, -0.15) is 4.98 Å². The van der Waals surface area contributed by atoms with E-state index in [9.17, 15) is 4.79 Å². The van der Waals surface area contributed by atoms with Crippen LogP contribution >= 0.6 is 0 Å². The summed E-state index contributed by atoms with van der Waals surface area (Å²) in [5, 5.41) is 6.63. The minimum Gasteiger partial charge on any atom is -0.350 e. The first-order chi connectivity index (χ1) is 9.61. The second-order valence-corrected chi connectivity index (χ2v) is 4.90. The van der Waals surface area contributed by atoms with Crippen molar-refractivity contribution in [2.45, 2.75) is 19.9 Å². The average Bonchev–Trinajstić information content (AvgIpc) is 2.84. The van der Waals surface area contributed by atoms with Gasteiger partial charge in [0.05, 0.1) is 12.1 Å². The fourth-order valence-corrected chi connectivity index (χ4v) is 2.22. The van der Waals surface area contributed by atoms with E-state index in [4.69, 9.17) is 4.52 Å². The molecule has 20 heavy (non-hydrogen) atoms. The lowest BCUT2D eigenvalue weighted by Gasteiger charge is -2.31. The molecule has 0 aromatic carbocycles. The summed E-state index contributed by atoms with van der Waals surface area (Å²) in [5.41, 5.74) is 0.767. The molecule has 1 saturated heterocycles. The monoisotopic (exact) mass is 273 g/mol. The summed E-state index contributed by atoms with van der Waals surface area (Å²) >= 11 is 0. The molecule has 3 heterocycles. The molecule has 1 atom stereocenters. The van der Waals surface area contributed by atoms with Gasteiger partial charge in [-0.3, -0.25) is 4.79 Å². The fourth-order valence-electron chi connectivity index (χ4n) is 2.22. The van der Waals surface area contributed by atoms with Crippen molar-refractivity contribution in [2.75, 3.05) is 18.0 Å². The number of carbonyl (C=O) groups excluding carboxylic acids is 1. The van der Waals surface area contributed by atoms with Crippen LogP contribution in [0, 0.1) is 6.92 Å². The molecule has 2 aromatic heterocycles. The summed E-state index contributed by atoms with van der Waals surface area (Å²) in [6, 6.07) is 3.85. The number of aryl methyl sites for hydroxylation is 1. The van der Waals surface area contributed by atoms with Gasteiger partial charge >= 0.3 is 0 Å². The van der Waals surface area contributed by atoms with Gasteiger partial charge in [0.25, 0.3) is 5.89 Å². The molecular formula is C13H15N5O2. The zero-order valence-electron chi connectivity index (χ0n) is 11.3. The van der Waals surface area contributed by atoms with Crippen LogP contribution < -0.4 is 10.2 Å². The number of rotatable bonds is 2. The van der Waals surface area contributed by atoms with Crippen LogP contribution in [0.2, 0.25) is 0 Å². The quantitative estimate of drug-likeness (QED) is 0.869. The van der Waals surface area contributed by atoms with Crippen molar-refractivity contribution in [3.63, 3.8) is 0 Å². The Hall–Kier alpha value is -2.44. The third-order valence-electron chi connectivity index (χ3n) is 3.08. The largest absolute Gasteiger partial charge is 0.350 e. The SMILES string of the molecule is Cc1noc(-c2ccc(N3CC(=O)NC(C)C3)nc2)n1. The number of anilines is 1. The Balaban J connectivity index is 1.80. The van der Waals surface area contributed by atoms with Crippen LogP contribution in [-0.4, -0.2) is 40.2 Å². The Morgan fingerprint density at radius 1 is 1.45 bits per heavy atom. The minimum atomic E-state index is 0.0159. The van der Waals surface area contributed by atoms with Crippen LogP contribution in [0.4, 0.5) is 5.82 Å². The molecule has 1 fully saturated rings. The fraction of sp³-hybridized carbons (Fsp3) is 0.385. The maximum atomic E-state index is 11.5. The van der Waals surface area contributed by atoms with Crippen molar-refractivity contribution in [3.8, 4) is 11.5 Å². The van der Waals surface area contributed by atoms with Crippen molar-refractivity contribution in [1.82, 2.24) is 20.4 Å². The maximum Gasteiger partial charge on any atom is 0.259 e. The highest BCUT2D eigenvalue weighted by Crippen LogP contribution is 2.20. The third-order valence-corrected chi connectivity index (χ3v) is 3.08. The summed E-state index contributed by atoms with van der Waals surface area (Å²) in [7, 11) is 0. The van der Waals surface area contributed by atoms with Gasteiger partial charge in [0.1, 0.15) is 5.82 Å². The Labute approximate surface area is 116 Å². The van der Waals surface area contributed by atoms with Crippen LogP contribution in [0.3, 0.4) is 0 Å². The molecule has 1 unspecified atom stereocenters. The number of nitrogens with zero attached hydrogens (tertiary/aromatic N) is 4. The van der Waals surface area contributed by atoms with E-state index in [2.05, 4.69) is 20.4 Å². The normalized spacial score (nSPS) is 19.0. The number of carbonyl (C=O) groups is 1. The van der Waals surface area contributed by atoms with Gasteiger partial charge < -0.3 is 14.7 Å². The first-order valence-corrected chi connectivity index (χ1v) is 6.43. The van der Waals surface area contributed by atoms with Gasteiger partial charge in [-0.1, -0.05) is 5.16 Å². The molecule has 0 bridgehead atoms. The highest BCUT2D eigenvalue weighted by molar-refractivity contribution is 5.82. The number of amides is 1. The molecular weight excluding hydrogens is 258 g/mol. The predicted molar refractivity (Wildman–Crippen MR) is 72.1 cm³/mol. The standard InChI is InChI=1S/C13H15N5O2/c1-8-6-18(7-12(19)15-8)11-4-3-10(5-14-11)13-16-9(2)17-20-13/h3-5,8H,6-7H2,1-2H3,(H,15,19). The number of hydrogen-bond donors (Lipinski definition) is 1. The highest BCUT2D eigenvalue weighted by Gasteiger charge is 2.22. The van der Waals surface area contributed by atoms with Crippen molar-refractivity contribution in [3.05, 3.63) is 24.2 Å². The zero-order valence-corrected chi connectivity index (χ0v) is 11.3. The Bertz CT molecular complexity index is 622. The zero-order chi connectivity index (χ0) is 14.1. The van der Waals surface area contributed by atoms with E-state index >= 15 is 0 Å². The second-order valence-electron chi connectivity index (χ2n) is 4.90. The van der Waals surface area contributed by atoms with E-state index < -0.39 is 0 Å². The average molecular weight is 273 g/mol. The molecule has 0 spiro atoms. The van der Waals surface area contributed by atoms with Gasteiger partial charge in [0.15, 0.2) is 5.82 Å². The topological polar surface area (TPSA) is 84.2 Å². The Morgan fingerprint density at radius 3 is 2.90 bits per heavy atom. The van der Waals surface area contributed by atoms with Gasteiger partial charge in [0.2, 0.25) is 5.91 Å². The van der Waals surface area contributed by atoms with Crippen molar-refractivity contribution >= 4 is 11.7 Å². The third kappa shape index (κ3) is 2.47. The van der Waals surface area contributed by atoms with Gasteiger partial charge in [0, 0.05) is 18.8 Å². The van der Waals surface area contributed by atoms with E-state index in [1.807, 2.05) is 24.0 Å². The number of hydrogen-bond acceptors (Lipinski definition) is 6. The summed E-state index contributed by atoms with van der Waals surface area (Å²) in [6.07, 6.45) is 1.68. The lowest BCUT2D eigenvalue weighted by molar-refractivity contribution is -0.121. The van der Waals surface area contributed by atoms with Crippen LogP contribution in [0.15, 0.2) is 22.9 Å². The van der Waals surface area contributed by atoms with Gasteiger partial charge in [-0.05, 0) is 26.0 Å². The van der Waals surface area contributed by atoms with Crippen molar-refractivity contribution < 1.29 is 9.32 Å². The summed E-state index contributed by atoms with van der Waals surface area (Å²) in [4.78, 5) is 22.0. The first-order valence-electron chi connectivity index (χ1n) is 6.43. The summed E-state index contributed by atoms with van der Waals surface area (Å²) in [6.45, 7) is 4.82. The van der Waals surface area contributed by atoms with Crippen LogP contribution in [0.5, 0.6) is 0 Å². The molecule has 1 aliphatic heterocycles. The number of piperazine rings is 1. The highest BCUT2D eigenvalue weighted by atomic mass is 16.5. The predicted octanol–water partition coefficient (Wildman–Crippen LogP) is 0.765. The molecule has 3 rings (SSSR count). The molecule has 2 aromatic rings. The molecule has 1 amide bonds. The van der Waals surface area contributed by atoms with Gasteiger partial charge in [-0.25, -0.2) is 4.98 Å². The second kappa shape index (κ2) is 4.92. The van der Waals surface area contributed by atoms with E-state index in [-0.39, 0.29) is 11.9 Å². The number of pyridine rings is 1. The molecule has 0 aliphatic carbocycles. The van der Waals surface area contributed by atoms with Crippen molar-refractivity contribution in [1.29, 1.82) is 0 Å². The van der Waals surface area contributed by atoms with Crippen LogP contribution in [0.1, 0.15) is 12.7 Å². The van der Waals surface area contributed by atoms with E-state index in [1.165, 1.54) is 0 Å². The number of nitrogens with one attached hydrogen (secondary N) is 1. The van der Waals surface area contributed by atoms with Crippen LogP contribution in [0.25, 0.3) is 11.5 Å². The van der Waals surface area contributed by atoms with Crippen LogP contribution in [-0.2, 0) is 4.79 Å². The van der Waals surface area contributed by atoms with E-state index in [0.29, 0.717) is 18.3 Å². The minimum absolute atomic E-state index is 0.0159. The summed E-state index contributed by atoms with van der Waals surface area (Å²) in [5.74, 6) is 1.82. The molecule has 104 valence electrons. The lowest BCUT2D eigenvalue weighted by atomic mass is 10.2. The molecule has 7 nitrogen and oxygen atoms in total. The Morgan fingerprint density at radius 2 is 2.30 bits per heavy atom. The lowest BCUT2D eigenvalue weighted by Crippen LogP contribution is -2.53. The smallest absolute Gasteiger partial charge is 0.259 e. The van der Waals surface area contributed by atoms with E-state index in [1.54, 1.807) is 13.1 Å². The first kappa shape index (κ1) is 12.6. The molecule has 0 saturated carbocycles. The molecule has 1 N–H and O–H groups in total. The Kier molecular flexibility index (Phi) is 3.09. The van der Waals surface area contributed by atoms with Crippen molar-refractivity contribution in [2.24, 2.45) is 0 Å². The molecule has 1 aliphatic rings. The number of aromatic nitrogens is 3.